The van der Waals surface area contributed by atoms with E-state index in [1.165, 1.54) is 6.92 Å². The second-order valence-corrected chi connectivity index (χ2v) is 9.91. The standard InChI is InChI=1S/C19H29N3O5S/c1-13(2)28(24,25)21-18-11-26-12-19(18)27-17-6-4-16(5-7-17)22-9-8-15(10-22)20-14(3)23/h4-7,13,15,18-19,21H,8-12H2,1-3H3,(H,20,23)/t15?,18-,19-/m1/s1. The number of amides is 1. The van der Waals surface area contributed by atoms with Gasteiger partial charge < -0.3 is 19.7 Å². The van der Waals surface area contributed by atoms with Gasteiger partial charge in [0.15, 0.2) is 0 Å². The van der Waals surface area contributed by atoms with Crippen LogP contribution in [0.4, 0.5) is 5.69 Å². The largest absolute Gasteiger partial charge is 0.486 e. The van der Waals surface area contributed by atoms with E-state index >= 15 is 0 Å². The molecule has 1 aromatic rings. The van der Waals surface area contributed by atoms with Gasteiger partial charge in [-0.25, -0.2) is 13.1 Å². The maximum atomic E-state index is 12.1. The number of nitrogens with one attached hydrogen (secondary N) is 2. The lowest BCUT2D eigenvalue weighted by molar-refractivity contribution is -0.119. The molecule has 156 valence electrons. The van der Waals surface area contributed by atoms with Gasteiger partial charge in [0.1, 0.15) is 11.9 Å². The van der Waals surface area contributed by atoms with Crippen molar-refractivity contribution in [1.29, 1.82) is 0 Å². The fraction of sp³-hybridized carbons (Fsp3) is 0.632. The van der Waals surface area contributed by atoms with Crippen LogP contribution in [0.1, 0.15) is 27.2 Å². The van der Waals surface area contributed by atoms with Crippen LogP contribution in [-0.4, -0.2) is 64.1 Å². The van der Waals surface area contributed by atoms with E-state index < -0.39 is 21.3 Å². The van der Waals surface area contributed by atoms with E-state index in [0.717, 1.165) is 25.2 Å². The lowest BCUT2D eigenvalue weighted by atomic mass is 10.2. The van der Waals surface area contributed by atoms with E-state index in [1.54, 1.807) is 13.8 Å². The fourth-order valence-electron chi connectivity index (χ4n) is 3.42. The molecule has 1 aromatic carbocycles. The number of anilines is 1. The van der Waals surface area contributed by atoms with E-state index in [9.17, 15) is 13.2 Å². The Bertz CT molecular complexity index is 781. The van der Waals surface area contributed by atoms with Gasteiger partial charge in [-0.05, 0) is 44.5 Å². The summed E-state index contributed by atoms with van der Waals surface area (Å²) in [5.74, 6) is 0.669. The highest BCUT2D eigenvalue weighted by atomic mass is 32.2. The molecular weight excluding hydrogens is 382 g/mol. The fourth-order valence-corrected chi connectivity index (χ4v) is 4.33. The van der Waals surface area contributed by atoms with Crippen molar-refractivity contribution in [1.82, 2.24) is 10.0 Å². The van der Waals surface area contributed by atoms with Gasteiger partial charge in [-0.15, -0.1) is 0 Å². The highest BCUT2D eigenvalue weighted by molar-refractivity contribution is 7.90. The Morgan fingerprint density at radius 2 is 1.96 bits per heavy atom. The van der Waals surface area contributed by atoms with Crippen LogP contribution in [0.2, 0.25) is 0 Å². The summed E-state index contributed by atoms with van der Waals surface area (Å²) in [6, 6.07) is 7.51. The maximum Gasteiger partial charge on any atom is 0.217 e. The number of hydrogen-bond donors (Lipinski definition) is 2. The number of sulfonamides is 1. The molecule has 3 rings (SSSR count). The second-order valence-electron chi connectivity index (χ2n) is 7.64. The molecule has 0 radical (unpaired) electrons. The van der Waals surface area contributed by atoms with E-state index in [0.29, 0.717) is 19.0 Å². The van der Waals surface area contributed by atoms with Crippen molar-refractivity contribution in [3.05, 3.63) is 24.3 Å². The van der Waals surface area contributed by atoms with Crippen LogP contribution in [0.15, 0.2) is 24.3 Å². The summed E-state index contributed by atoms with van der Waals surface area (Å²) in [5, 5.41) is 2.45. The Balaban J connectivity index is 1.57. The van der Waals surface area contributed by atoms with Gasteiger partial charge in [-0.3, -0.25) is 4.79 Å². The molecule has 2 heterocycles. The van der Waals surface area contributed by atoms with Crippen molar-refractivity contribution in [2.75, 3.05) is 31.2 Å². The first-order valence-electron chi connectivity index (χ1n) is 9.62. The average Bonchev–Trinajstić information content (AvgIpc) is 3.25. The van der Waals surface area contributed by atoms with Crippen LogP contribution in [0.25, 0.3) is 0 Å². The van der Waals surface area contributed by atoms with Crippen molar-refractivity contribution in [2.45, 2.75) is 50.6 Å². The van der Waals surface area contributed by atoms with E-state index in [-0.39, 0.29) is 18.1 Å². The molecule has 2 fully saturated rings. The van der Waals surface area contributed by atoms with E-state index in [4.69, 9.17) is 9.47 Å². The Hall–Kier alpha value is -1.84. The summed E-state index contributed by atoms with van der Waals surface area (Å²) >= 11 is 0. The number of carbonyl (C=O) groups is 1. The molecule has 2 saturated heterocycles. The van der Waals surface area contributed by atoms with Crippen LogP contribution in [0, 0.1) is 0 Å². The highest BCUT2D eigenvalue weighted by Crippen LogP contribution is 2.25. The Kier molecular flexibility index (Phi) is 6.47. The molecule has 9 heteroatoms. The smallest absolute Gasteiger partial charge is 0.217 e. The Morgan fingerprint density at radius 1 is 1.25 bits per heavy atom. The molecule has 2 N–H and O–H groups in total. The third-order valence-electron chi connectivity index (χ3n) is 5.05. The normalized spacial score (nSPS) is 25.3. The van der Waals surface area contributed by atoms with E-state index in [1.807, 2.05) is 24.3 Å². The van der Waals surface area contributed by atoms with Gasteiger partial charge in [0.2, 0.25) is 15.9 Å². The second kappa shape index (κ2) is 8.67. The zero-order valence-corrected chi connectivity index (χ0v) is 17.4. The van der Waals surface area contributed by atoms with Crippen LogP contribution < -0.4 is 19.7 Å². The Morgan fingerprint density at radius 3 is 2.61 bits per heavy atom. The molecule has 3 atom stereocenters. The number of carbonyl (C=O) groups excluding carboxylic acids is 1. The van der Waals surface area contributed by atoms with Crippen LogP contribution in [-0.2, 0) is 19.6 Å². The molecule has 0 aliphatic carbocycles. The van der Waals surface area contributed by atoms with Gasteiger partial charge in [0.25, 0.3) is 0 Å². The molecule has 28 heavy (non-hydrogen) atoms. The van der Waals surface area contributed by atoms with Crippen molar-refractivity contribution in [3.8, 4) is 5.75 Å². The summed E-state index contributed by atoms with van der Waals surface area (Å²) in [6.07, 6.45) is 0.560. The number of ether oxygens (including phenoxy) is 2. The van der Waals surface area contributed by atoms with Gasteiger partial charge in [-0.1, -0.05) is 0 Å². The molecule has 8 nitrogen and oxygen atoms in total. The third kappa shape index (κ3) is 5.15. The first-order chi connectivity index (χ1) is 13.2. The minimum absolute atomic E-state index is 0.00275. The summed E-state index contributed by atoms with van der Waals surface area (Å²) in [7, 11) is -3.39. The van der Waals surface area contributed by atoms with Gasteiger partial charge in [0, 0.05) is 31.7 Å². The number of benzene rings is 1. The molecule has 2 aliphatic heterocycles. The zero-order valence-electron chi connectivity index (χ0n) is 16.6. The number of rotatable bonds is 7. The predicted molar refractivity (Wildman–Crippen MR) is 107 cm³/mol. The monoisotopic (exact) mass is 411 g/mol. The average molecular weight is 412 g/mol. The van der Waals surface area contributed by atoms with E-state index in [2.05, 4.69) is 14.9 Å². The van der Waals surface area contributed by atoms with Crippen LogP contribution >= 0.6 is 0 Å². The predicted octanol–water partition coefficient (Wildman–Crippen LogP) is 0.875. The van der Waals surface area contributed by atoms with Gasteiger partial charge in [0.05, 0.1) is 24.5 Å². The quantitative estimate of drug-likeness (QED) is 0.691. The minimum atomic E-state index is -3.39. The molecule has 0 aromatic heterocycles. The van der Waals surface area contributed by atoms with Crippen molar-refractivity contribution < 1.29 is 22.7 Å². The van der Waals surface area contributed by atoms with Crippen molar-refractivity contribution in [2.24, 2.45) is 0 Å². The summed E-state index contributed by atoms with van der Waals surface area (Å²) in [6.45, 7) is 7.14. The topological polar surface area (TPSA) is 97.0 Å². The molecule has 1 unspecified atom stereocenters. The van der Waals surface area contributed by atoms with Crippen LogP contribution in [0.3, 0.4) is 0 Å². The third-order valence-corrected chi connectivity index (χ3v) is 6.92. The van der Waals surface area contributed by atoms with Crippen molar-refractivity contribution >= 4 is 21.6 Å². The zero-order chi connectivity index (χ0) is 20.3. The first-order valence-corrected chi connectivity index (χ1v) is 11.2. The molecule has 1 amide bonds. The lowest BCUT2D eigenvalue weighted by Crippen LogP contribution is -2.47. The summed E-state index contributed by atoms with van der Waals surface area (Å²) in [4.78, 5) is 13.4. The molecule has 0 spiro atoms. The molecular formula is C19H29N3O5S. The highest BCUT2D eigenvalue weighted by Gasteiger charge is 2.34. The van der Waals surface area contributed by atoms with Crippen molar-refractivity contribution in [3.63, 3.8) is 0 Å². The first kappa shape index (κ1) is 20.9. The number of hydrogen-bond acceptors (Lipinski definition) is 6. The number of nitrogens with zero attached hydrogens (tertiary/aromatic N) is 1. The van der Waals surface area contributed by atoms with Gasteiger partial charge in [-0.2, -0.15) is 0 Å². The maximum absolute atomic E-state index is 12.1. The molecule has 0 saturated carbocycles. The lowest BCUT2D eigenvalue weighted by Gasteiger charge is -2.22. The molecule has 2 aliphatic rings. The summed E-state index contributed by atoms with van der Waals surface area (Å²) in [5.41, 5.74) is 1.07. The Labute approximate surface area is 166 Å². The van der Waals surface area contributed by atoms with Gasteiger partial charge >= 0.3 is 0 Å². The minimum Gasteiger partial charge on any atom is -0.486 e. The molecule has 0 bridgehead atoms. The SMILES string of the molecule is CC(=O)NC1CCN(c2ccc(O[C@@H]3COC[C@H]3NS(=O)(=O)C(C)C)cc2)C1. The van der Waals surface area contributed by atoms with Crippen LogP contribution in [0.5, 0.6) is 5.75 Å². The summed E-state index contributed by atoms with van der Waals surface area (Å²) < 4.78 is 38.3.